The minimum absolute atomic E-state index is 0.160. The van der Waals surface area contributed by atoms with Gasteiger partial charge in [0.25, 0.3) is 11.1 Å². The quantitative estimate of drug-likeness (QED) is 0.797. The smallest absolute Gasteiger partial charge is 0.295 e. The van der Waals surface area contributed by atoms with E-state index in [4.69, 9.17) is 0 Å². The lowest BCUT2D eigenvalue weighted by atomic mass is 10.2. The molecule has 1 aliphatic rings. The van der Waals surface area contributed by atoms with E-state index in [1.807, 2.05) is 67.6 Å². The van der Waals surface area contributed by atoms with Gasteiger partial charge in [-0.05, 0) is 42.5 Å². The van der Waals surface area contributed by atoms with E-state index >= 15 is 0 Å². The first-order chi connectivity index (χ1) is 12.1. The van der Waals surface area contributed by atoms with Gasteiger partial charge in [0.05, 0.1) is 11.6 Å². The summed E-state index contributed by atoms with van der Waals surface area (Å²) in [5.74, 6) is -0.271. The Bertz CT molecular complexity index is 827. The van der Waals surface area contributed by atoms with Crippen LogP contribution < -0.4 is 5.32 Å². The van der Waals surface area contributed by atoms with Gasteiger partial charge >= 0.3 is 0 Å². The molecule has 2 aromatic rings. The summed E-state index contributed by atoms with van der Waals surface area (Å²) in [6.07, 6.45) is 5.38. The third-order valence-electron chi connectivity index (χ3n) is 3.70. The second-order valence-corrected chi connectivity index (χ2v) is 6.60. The molecular formula is C20H18N2O2S. The number of nitrogens with one attached hydrogen (secondary N) is 1. The lowest BCUT2D eigenvalue weighted by Gasteiger charge is -2.14. The molecule has 0 aliphatic carbocycles. The highest BCUT2D eigenvalue weighted by Crippen LogP contribution is 2.30. The minimum atomic E-state index is -0.271. The van der Waals surface area contributed by atoms with Crippen LogP contribution in [0.4, 0.5) is 10.5 Å². The first-order valence-electron chi connectivity index (χ1n) is 7.91. The zero-order valence-electron chi connectivity index (χ0n) is 13.8. The molecule has 1 saturated heterocycles. The predicted octanol–water partition coefficient (Wildman–Crippen LogP) is 4.66. The number of thioether (sulfide) groups is 1. The fourth-order valence-electron chi connectivity index (χ4n) is 2.30. The molecule has 25 heavy (non-hydrogen) atoms. The average molecular weight is 350 g/mol. The Morgan fingerprint density at radius 2 is 1.76 bits per heavy atom. The number of imide groups is 1. The van der Waals surface area contributed by atoms with Crippen molar-refractivity contribution in [1.82, 2.24) is 4.90 Å². The summed E-state index contributed by atoms with van der Waals surface area (Å²) in [6.45, 7) is 2.17. The number of nitrogens with zero attached hydrogens (tertiary/aromatic N) is 1. The van der Waals surface area contributed by atoms with Crippen LogP contribution in [0.3, 0.4) is 0 Å². The van der Waals surface area contributed by atoms with Crippen LogP contribution in [0.5, 0.6) is 0 Å². The largest absolute Gasteiger partial charge is 0.367 e. The molecule has 5 heteroatoms. The Balaban J connectivity index is 1.62. The summed E-state index contributed by atoms with van der Waals surface area (Å²) < 4.78 is 0. The number of anilines is 1. The highest BCUT2D eigenvalue weighted by molar-refractivity contribution is 8.18. The van der Waals surface area contributed by atoms with Crippen LogP contribution >= 0.6 is 11.8 Å². The second-order valence-electron chi connectivity index (χ2n) is 5.60. The maximum atomic E-state index is 12.4. The third kappa shape index (κ3) is 4.39. The van der Waals surface area contributed by atoms with Gasteiger partial charge in [0.15, 0.2) is 0 Å². The van der Waals surface area contributed by atoms with Gasteiger partial charge in [0.2, 0.25) is 0 Å². The van der Waals surface area contributed by atoms with Crippen LogP contribution in [-0.4, -0.2) is 22.7 Å². The van der Waals surface area contributed by atoms with Crippen LogP contribution in [0.25, 0.3) is 6.08 Å². The van der Waals surface area contributed by atoms with Crippen molar-refractivity contribution < 1.29 is 9.59 Å². The van der Waals surface area contributed by atoms with Crippen molar-refractivity contribution in [2.45, 2.75) is 6.92 Å². The zero-order valence-corrected chi connectivity index (χ0v) is 14.6. The van der Waals surface area contributed by atoms with Gasteiger partial charge in [0, 0.05) is 5.69 Å². The number of carbonyl (C=O) groups is 2. The number of aryl methyl sites for hydroxylation is 1. The number of benzene rings is 2. The molecule has 3 rings (SSSR count). The molecule has 2 amide bonds. The van der Waals surface area contributed by atoms with Gasteiger partial charge in [-0.15, -0.1) is 0 Å². The Morgan fingerprint density at radius 3 is 2.48 bits per heavy atom. The predicted molar refractivity (Wildman–Crippen MR) is 103 cm³/mol. The van der Waals surface area contributed by atoms with Crippen LogP contribution in [0.2, 0.25) is 0 Å². The molecule has 0 unspecified atom stereocenters. The highest BCUT2D eigenvalue weighted by Gasteiger charge is 2.34. The lowest BCUT2D eigenvalue weighted by molar-refractivity contribution is -0.122. The lowest BCUT2D eigenvalue weighted by Crippen LogP contribution is -2.33. The molecule has 1 fully saturated rings. The molecule has 126 valence electrons. The summed E-state index contributed by atoms with van der Waals surface area (Å²) in [4.78, 5) is 26.1. The Labute approximate surface area is 151 Å². The topological polar surface area (TPSA) is 49.4 Å². The highest BCUT2D eigenvalue weighted by atomic mass is 32.2. The van der Waals surface area contributed by atoms with Crippen molar-refractivity contribution in [1.29, 1.82) is 0 Å². The number of hydrogen-bond donors (Lipinski definition) is 1. The molecule has 1 N–H and O–H groups in total. The van der Waals surface area contributed by atoms with Gasteiger partial charge in [-0.2, -0.15) is 0 Å². The summed E-state index contributed by atoms with van der Waals surface area (Å²) in [7, 11) is 0. The SMILES string of the molecule is Cc1ccc(NCN2C(=O)SC(=CC=Cc3ccccc3)C2=O)cc1. The molecule has 2 aromatic carbocycles. The second kappa shape index (κ2) is 7.85. The molecule has 1 aliphatic heterocycles. The van der Waals surface area contributed by atoms with Crippen molar-refractivity contribution in [3.63, 3.8) is 0 Å². The van der Waals surface area contributed by atoms with E-state index in [9.17, 15) is 9.59 Å². The average Bonchev–Trinajstić information content (AvgIpc) is 2.89. The molecular weight excluding hydrogens is 332 g/mol. The van der Waals surface area contributed by atoms with Crippen molar-refractivity contribution >= 4 is 34.7 Å². The Morgan fingerprint density at radius 1 is 1.04 bits per heavy atom. The number of carbonyl (C=O) groups excluding carboxylic acids is 2. The normalized spacial score (nSPS) is 16.2. The van der Waals surface area contributed by atoms with Crippen LogP contribution in [0.1, 0.15) is 11.1 Å². The number of hydrogen-bond acceptors (Lipinski definition) is 4. The summed E-state index contributed by atoms with van der Waals surface area (Å²) in [5, 5.41) is 2.84. The first kappa shape index (κ1) is 17.0. The fraction of sp³-hybridized carbons (Fsp3) is 0.100. The van der Waals surface area contributed by atoms with Gasteiger partial charge in [-0.1, -0.05) is 60.2 Å². The molecule has 0 aromatic heterocycles. The van der Waals surface area contributed by atoms with Crippen LogP contribution in [0, 0.1) is 6.92 Å². The van der Waals surface area contributed by atoms with E-state index in [1.165, 1.54) is 4.90 Å². The summed E-state index contributed by atoms with van der Waals surface area (Å²) in [6, 6.07) is 17.6. The van der Waals surface area contributed by atoms with Crippen molar-refractivity contribution in [2.75, 3.05) is 12.0 Å². The minimum Gasteiger partial charge on any atom is -0.367 e. The van der Waals surface area contributed by atoms with Crippen molar-refractivity contribution in [3.8, 4) is 0 Å². The van der Waals surface area contributed by atoms with E-state index in [2.05, 4.69) is 5.32 Å². The zero-order chi connectivity index (χ0) is 17.6. The first-order valence-corrected chi connectivity index (χ1v) is 8.73. The van der Waals surface area contributed by atoms with Gasteiger partial charge in [-0.25, -0.2) is 0 Å². The number of allylic oxidation sites excluding steroid dienone is 2. The third-order valence-corrected chi connectivity index (χ3v) is 4.63. The maximum Gasteiger partial charge on any atom is 0.295 e. The van der Waals surface area contributed by atoms with E-state index in [0.717, 1.165) is 28.6 Å². The van der Waals surface area contributed by atoms with E-state index in [0.29, 0.717) is 4.91 Å². The molecule has 0 atom stereocenters. The van der Waals surface area contributed by atoms with E-state index < -0.39 is 0 Å². The fourth-order valence-corrected chi connectivity index (χ4v) is 3.09. The van der Waals surface area contributed by atoms with Gasteiger partial charge < -0.3 is 5.32 Å². The molecule has 1 heterocycles. The monoisotopic (exact) mass is 350 g/mol. The summed E-state index contributed by atoms with van der Waals surface area (Å²) in [5.41, 5.74) is 3.07. The van der Waals surface area contributed by atoms with Crippen molar-refractivity contribution in [2.24, 2.45) is 0 Å². The summed E-state index contributed by atoms with van der Waals surface area (Å²) >= 11 is 0.962. The maximum absolute atomic E-state index is 12.4. The molecule has 0 radical (unpaired) electrons. The van der Waals surface area contributed by atoms with Crippen LogP contribution in [0.15, 0.2) is 71.7 Å². The van der Waals surface area contributed by atoms with Crippen LogP contribution in [-0.2, 0) is 4.79 Å². The number of rotatable bonds is 5. The van der Waals surface area contributed by atoms with Gasteiger partial charge in [-0.3, -0.25) is 14.5 Å². The van der Waals surface area contributed by atoms with Crippen molar-refractivity contribution in [3.05, 3.63) is 82.8 Å². The Hall–Kier alpha value is -2.79. The molecule has 0 spiro atoms. The van der Waals surface area contributed by atoms with E-state index in [-0.39, 0.29) is 17.8 Å². The Kier molecular flexibility index (Phi) is 5.36. The molecule has 0 saturated carbocycles. The molecule has 0 bridgehead atoms. The standard InChI is InChI=1S/C20H18N2O2S/c1-15-10-12-17(13-11-15)21-14-22-19(23)18(25-20(22)24)9-5-8-16-6-3-2-4-7-16/h2-13,21H,14H2,1H3. The number of amides is 2. The molecule has 4 nitrogen and oxygen atoms in total. The van der Waals surface area contributed by atoms with E-state index in [1.54, 1.807) is 12.2 Å². The van der Waals surface area contributed by atoms with Gasteiger partial charge in [0.1, 0.15) is 0 Å².